The number of hydrogen-bond donors (Lipinski definition) is 1. The molecule has 0 atom stereocenters. The van der Waals surface area contributed by atoms with Gasteiger partial charge in [-0.15, -0.1) is 0 Å². The van der Waals surface area contributed by atoms with Crippen LogP contribution >= 0.6 is 0 Å². The third-order valence-electron chi connectivity index (χ3n) is 3.13. The molecular weight excluding hydrogens is 254 g/mol. The predicted molar refractivity (Wildman–Crippen MR) is 78.2 cm³/mol. The highest BCUT2D eigenvalue weighted by Crippen LogP contribution is 2.31. The molecule has 2 rings (SSSR count). The average Bonchev–Trinajstić information content (AvgIpc) is 2.81. The van der Waals surface area contributed by atoms with Gasteiger partial charge in [0.05, 0.1) is 12.8 Å². The first kappa shape index (κ1) is 14.2. The minimum absolute atomic E-state index is 0.305. The van der Waals surface area contributed by atoms with E-state index in [1.807, 2.05) is 34.9 Å². The smallest absolute Gasteiger partial charge is 0.352 e. The number of benzene rings is 1. The fourth-order valence-electron chi connectivity index (χ4n) is 2.31. The Kier molecular flexibility index (Phi) is 4.13. The van der Waals surface area contributed by atoms with E-state index >= 15 is 0 Å². The Hall–Kier alpha value is -2.23. The van der Waals surface area contributed by atoms with Crippen molar-refractivity contribution < 1.29 is 14.6 Å². The minimum atomic E-state index is -0.910. The number of rotatable bonds is 5. The van der Waals surface area contributed by atoms with Crippen molar-refractivity contribution in [2.24, 2.45) is 5.92 Å². The molecule has 0 aliphatic heterocycles. The molecule has 1 N–H and O–H groups in total. The van der Waals surface area contributed by atoms with Gasteiger partial charge in [-0.25, -0.2) is 4.79 Å². The topological polar surface area (TPSA) is 51.5 Å². The number of aromatic carboxylic acids is 1. The van der Waals surface area contributed by atoms with Gasteiger partial charge < -0.3 is 14.4 Å². The lowest BCUT2D eigenvalue weighted by Gasteiger charge is -2.15. The van der Waals surface area contributed by atoms with Crippen molar-refractivity contribution in [1.82, 2.24) is 4.57 Å². The van der Waals surface area contributed by atoms with Crippen molar-refractivity contribution in [3.05, 3.63) is 42.1 Å². The highest BCUT2D eigenvalue weighted by molar-refractivity contribution is 5.88. The van der Waals surface area contributed by atoms with E-state index in [1.165, 1.54) is 0 Å². The molecule has 1 aromatic carbocycles. The van der Waals surface area contributed by atoms with Gasteiger partial charge >= 0.3 is 5.97 Å². The number of carbonyl (C=O) groups is 1. The summed E-state index contributed by atoms with van der Waals surface area (Å²) in [5.74, 6) is 0.188. The van der Waals surface area contributed by atoms with Crippen molar-refractivity contribution in [2.75, 3.05) is 7.11 Å². The Morgan fingerprint density at radius 1 is 1.25 bits per heavy atom. The summed E-state index contributed by atoms with van der Waals surface area (Å²) in [5.41, 5.74) is 2.08. The summed E-state index contributed by atoms with van der Waals surface area (Å²) >= 11 is 0. The summed E-state index contributed by atoms with van der Waals surface area (Å²) in [7, 11) is 1.62. The second kappa shape index (κ2) is 5.82. The van der Waals surface area contributed by atoms with Crippen LogP contribution in [0.1, 0.15) is 24.3 Å². The van der Waals surface area contributed by atoms with Crippen LogP contribution in [0.4, 0.5) is 0 Å². The second-order valence-electron chi connectivity index (χ2n) is 5.11. The van der Waals surface area contributed by atoms with E-state index < -0.39 is 5.97 Å². The van der Waals surface area contributed by atoms with Gasteiger partial charge in [0.25, 0.3) is 0 Å². The lowest BCUT2D eigenvalue weighted by atomic mass is 10.1. The summed E-state index contributed by atoms with van der Waals surface area (Å²) in [6, 6.07) is 11.1. The van der Waals surface area contributed by atoms with Crippen molar-refractivity contribution in [2.45, 2.75) is 20.4 Å². The Labute approximate surface area is 118 Å². The molecular formula is C16H19NO3. The Morgan fingerprint density at radius 2 is 1.95 bits per heavy atom. The maximum atomic E-state index is 11.4. The fraction of sp³-hybridized carbons (Fsp3) is 0.312. The maximum absolute atomic E-state index is 11.4. The van der Waals surface area contributed by atoms with Crippen molar-refractivity contribution in [3.63, 3.8) is 0 Å². The van der Waals surface area contributed by atoms with Crippen LogP contribution in [0.15, 0.2) is 36.4 Å². The van der Waals surface area contributed by atoms with Gasteiger partial charge in [0, 0.05) is 12.1 Å². The molecule has 1 aromatic heterocycles. The van der Waals surface area contributed by atoms with Gasteiger partial charge in [0.2, 0.25) is 0 Å². The lowest BCUT2D eigenvalue weighted by molar-refractivity contribution is 0.0684. The van der Waals surface area contributed by atoms with Gasteiger partial charge in [-0.3, -0.25) is 0 Å². The Morgan fingerprint density at radius 3 is 2.55 bits per heavy atom. The number of ether oxygens (including phenoxy) is 1. The SMILES string of the molecule is COc1ccccc1-c1ccc(C(=O)O)n1CC(C)C. The third-order valence-corrected chi connectivity index (χ3v) is 3.13. The zero-order valence-electron chi connectivity index (χ0n) is 12.0. The molecule has 0 unspecified atom stereocenters. The van der Waals surface area contributed by atoms with E-state index in [4.69, 9.17) is 4.74 Å². The molecule has 4 nitrogen and oxygen atoms in total. The molecule has 0 aliphatic carbocycles. The summed E-state index contributed by atoms with van der Waals surface area (Å²) in [6.45, 7) is 4.79. The quantitative estimate of drug-likeness (QED) is 0.906. The molecule has 106 valence electrons. The third kappa shape index (κ3) is 2.69. The molecule has 0 amide bonds. The normalized spacial score (nSPS) is 10.8. The van der Waals surface area contributed by atoms with Gasteiger partial charge in [0.1, 0.15) is 11.4 Å². The van der Waals surface area contributed by atoms with Gasteiger partial charge in [-0.05, 0) is 30.2 Å². The number of nitrogens with zero attached hydrogens (tertiary/aromatic N) is 1. The van der Waals surface area contributed by atoms with Gasteiger partial charge in [-0.2, -0.15) is 0 Å². The molecule has 0 saturated heterocycles. The molecule has 0 fully saturated rings. The van der Waals surface area contributed by atoms with E-state index in [-0.39, 0.29) is 0 Å². The van der Waals surface area contributed by atoms with Crippen LogP contribution in [0.2, 0.25) is 0 Å². The summed E-state index contributed by atoms with van der Waals surface area (Å²) < 4.78 is 7.21. The van der Waals surface area contributed by atoms with Crippen LogP contribution in [0, 0.1) is 5.92 Å². The summed E-state index contributed by atoms with van der Waals surface area (Å²) in [5, 5.41) is 9.31. The van der Waals surface area contributed by atoms with Crippen LogP contribution in [0.3, 0.4) is 0 Å². The zero-order valence-corrected chi connectivity index (χ0v) is 12.0. The standard InChI is InChI=1S/C16H19NO3/c1-11(2)10-17-13(8-9-14(17)16(18)19)12-6-4-5-7-15(12)20-3/h4-9,11H,10H2,1-3H3,(H,18,19). The molecule has 4 heteroatoms. The predicted octanol–water partition coefficient (Wildman–Crippen LogP) is 3.52. The largest absolute Gasteiger partial charge is 0.496 e. The van der Waals surface area contributed by atoms with E-state index in [0.717, 1.165) is 17.0 Å². The number of hydrogen-bond acceptors (Lipinski definition) is 2. The van der Waals surface area contributed by atoms with Crippen molar-refractivity contribution in [1.29, 1.82) is 0 Å². The average molecular weight is 273 g/mol. The molecule has 0 spiro atoms. The Bertz CT molecular complexity index is 614. The Balaban J connectivity index is 2.59. The number of aromatic nitrogens is 1. The number of para-hydroxylation sites is 1. The lowest BCUT2D eigenvalue weighted by Crippen LogP contribution is -2.13. The van der Waals surface area contributed by atoms with E-state index in [0.29, 0.717) is 18.2 Å². The highest BCUT2D eigenvalue weighted by atomic mass is 16.5. The first-order valence-corrected chi connectivity index (χ1v) is 6.60. The molecule has 0 aliphatic rings. The monoisotopic (exact) mass is 273 g/mol. The first-order chi connectivity index (χ1) is 9.54. The van der Waals surface area contributed by atoms with E-state index in [1.54, 1.807) is 13.2 Å². The second-order valence-corrected chi connectivity index (χ2v) is 5.11. The fourth-order valence-corrected chi connectivity index (χ4v) is 2.31. The van der Waals surface area contributed by atoms with Crippen LogP contribution in [0.25, 0.3) is 11.3 Å². The minimum Gasteiger partial charge on any atom is -0.496 e. The van der Waals surface area contributed by atoms with Crippen LogP contribution in [0.5, 0.6) is 5.75 Å². The van der Waals surface area contributed by atoms with E-state index in [9.17, 15) is 9.90 Å². The summed E-state index contributed by atoms with van der Waals surface area (Å²) in [6.07, 6.45) is 0. The van der Waals surface area contributed by atoms with Crippen molar-refractivity contribution >= 4 is 5.97 Å². The highest BCUT2D eigenvalue weighted by Gasteiger charge is 2.17. The number of methoxy groups -OCH3 is 1. The summed E-state index contributed by atoms with van der Waals surface area (Å²) in [4.78, 5) is 11.4. The molecule has 2 aromatic rings. The van der Waals surface area contributed by atoms with Crippen LogP contribution in [-0.2, 0) is 6.54 Å². The molecule has 0 radical (unpaired) electrons. The maximum Gasteiger partial charge on any atom is 0.352 e. The van der Waals surface area contributed by atoms with Gasteiger partial charge in [-0.1, -0.05) is 26.0 Å². The number of carboxylic acids is 1. The van der Waals surface area contributed by atoms with Crippen molar-refractivity contribution in [3.8, 4) is 17.0 Å². The molecule has 1 heterocycles. The molecule has 20 heavy (non-hydrogen) atoms. The van der Waals surface area contributed by atoms with E-state index in [2.05, 4.69) is 13.8 Å². The van der Waals surface area contributed by atoms with Crippen LogP contribution < -0.4 is 4.74 Å². The van der Waals surface area contributed by atoms with Gasteiger partial charge in [0.15, 0.2) is 0 Å². The van der Waals surface area contributed by atoms with Crippen LogP contribution in [-0.4, -0.2) is 22.8 Å². The number of carboxylic acid groups (broad SMARTS) is 1. The molecule has 0 saturated carbocycles. The molecule has 0 bridgehead atoms. The zero-order chi connectivity index (χ0) is 14.7. The first-order valence-electron chi connectivity index (χ1n) is 6.60.